The number of hydrogen-bond acceptors (Lipinski definition) is 4. The summed E-state index contributed by atoms with van der Waals surface area (Å²) in [6, 6.07) is 15.9. The number of para-hydroxylation sites is 1. The largest absolute Gasteiger partial charge is 0.489 e. The first-order valence-corrected chi connectivity index (χ1v) is 11.6. The van der Waals surface area contributed by atoms with Gasteiger partial charge in [0.1, 0.15) is 12.4 Å². The van der Waals surface area contributed by atoms with E-state index in [2.05, 4.69) is 15.2 Å². The van der Waals surface area contributed by atoms with Crippen molar-refractivity contribution in [3.63, 3.8) is 0 Å². The summed E-state index contributed by atoms with van der Waals surface area (Å²) in [5.74, 6) is -0.758. The molecule has 0 aliphatic carbocycles. The van der Waals surface area contributed by atoms with E-state index in [1.807, 2.05) is 12.1 Å². The Balaban J connectivity index is 1.32. The van der Waals surface area contributed by atoms with Crippen molar-refractivity contribution in [2.45, 2.75) is 18.9 Å². The first-order valence-electron chi connectivity index (χ1n) is 11.3. The average molecular weight is 486 g/mol. The highest BCUT2D eigenvalue weighted by atomic mass is 35.5. The first kappa shape index (κ1) is 24.1. The van der Waals surface area contributed by atoms with E-state index >= 15 is 0 Å². The SMILES string of the molecule is O=C(N[C@@H](c1ccc(Cl)cc1)c1ccc(F)cn1)C1CCN(CCOc2ccccc2F)CC1. The van der Waals surface area contributed by atoms with Crippen LogP contribution in [-0.2, 0) is 4.79 Å². The molecule has 1 aliphatic heterocycles. The molecule has 2 heterocycles. The molecule has 3 aromatic rings. The lowest BCUT2D eigenvalue weighted by atomic mass is 9.94. The Kier molecular flexibility index (Phi) is 8.08. The quantitative estimate of drug-likeness (QED) is 0.487. The van der Waals surface area contributed by atoms with Gasteiger partial charge in [0.05, 0.1) is 17.9 Å². The minimum atomic E-state index is -0.502. The minimum absolute atomic E-state index is 0.0617. The third kappa shape index (κ3) is 6.30. The number of benzene rings is 2. The summed E-state index contributed by atoms with van der Waals surface area (Å²) in [6.45, 7) is 2.54. The maximum atomic E-state index is 13.7. The lowest BCUT2D eigenvalue weighted by Crippen LogP contribution is -2.43. The van der Waals surface area contributed by atoms with E-state index in [1.165, 1.54) is 12.1 Å². The van der Waals surface area contributed by atoms with Crippen molar-refractivity contribution in [1.82, 2.24) is 15.2 Å². The van der Waals surface area contributed by atoms with E-state index in [-0.39, 0.29) is 23.4 Å². The summed E-state index contributed by atoms with van der Waals surface area (Å²) >= 11 is 6.02. The number of likely N-dealkylation sites (tertiary alicyclic amines) is 1. The Morgan fingerprint density at radius 3 is 2.50 bits per heavy atom. The van der Waals surface area contributed by atoms with Gasteiger partial charge in [0.25, 0.3) is 0 Å². The van der Waals surface area contributed by atoms with E-state index in [1.54, 1.807) is 36.4 Å². The number of ether oxygens (including phenoxy) is 1. The molecule has 1 aliphatic rings. The maximum Gasteiger partial charge on any atom is 0.224 e. The lowest BCUT2D eigenvalue weighted by molar-refractivity contribution is -0.127. The van der Waals surface area contributed by atoms with Gasteiger partial charge in [0.2, 0.25) is 5.91 Å². The third-order valence-electron chi connectivity index (χ3n) is 6.00. The number of amides is 1. The molecule has 4 rings (SSSR count). The molecule has 8 heteroatoms. The highest BCUT2D eigenvalue weighted by molar-refractivity contribution is 6.30. The molecular weight excluding hydrogens is 460 g/mol. The maximum absolute atomic E-state index is 13.7. The Labute approximate surface area is 202 Å². The molecule has 178 valence electrons. The van der Waals surface area contributed by atoms with Gasteiger partial charge >= 0.3 is 0 Å². The average Bonchev–Trinajstić information content (AvgIpc) is 2.85. The first-order chi connectivity index (χ1) is 16.5. The van der Waals surface area contributed by atoms with Crippen LogP contribution in [0.3, 0.4) is 0 Å². The number of piperidine rings is 1. The predicted octanol–water partition coefficient (Wildman–Crippen LogP) is 5.01. The van der Waals surface area contributed by atoms with Gasteiger partial charge in [-0.05, 0) is 67.9 Å². The fourth-order valence-electron chi connectivity index (χ4n) is 4.07. The minimum Gasteiger partial charge on any atom is -0.489 e. The second kappa shape index (κ2) is 11.4. The number of aromatic nitrogens is 1. The second-order valence-electron chi connectivity index (χ2n) is 8.29. The molecule has 34 heavy (non-hydrogen) atoms. The number of carbonyl (C=O) groups is 1. The molecule has 1 atom stereocenters. The molecule has 1 saturated heterocycles. The predicted molar refractivity (Wildman–Crippen MR) is 127 cm³/mol. The van der Waals surface area contributed by atoms with Gasteiger partial charge in [-0.25, -0.2) is 8.78 Å². The smallest absolute Gasteiger partial charge is 0.224 e. The zero-order chi connectivity index (χ0) is 23.9. The number of hydrogen-bond donors (Lipinski definition) is 1. The van der Waals surface area contributed by atoms with Crippen molar-refractivity contribution in [3.8, 4) is 5.75 Å². The number of pyridine rings is 1. The van der Waals surface area contributed by atoms with Gasteiger partial charge < -0.3 is 10.1 Å². The normalized spacial score (nSPS) is 15.6. The summed E-state index contributed by atoms with van der Waals surface area (Å²) in [5, 5.41) is 3.68. The molecule has 5 nitrogen and oxygen atoms in total. The van der Waals surface area contributed by atoms with Crippen LogP contribution in [0.1, 0.15) is 30.1 Å². The Morgan fingerprint density at radius 1 is 1.09 bits per heavy atom. The molecule has 0 unspecified atom stereocenters. The van der Waals surface area contributed by atoms with Crippen LogP contribution in [-0.4, -0.2) is 42.0 Å². The molecule has 0 bridgehead atoms. The highest BCUT2D eigenvalue weighted by Gasteiger charge is 2.28. The van der Waals surface area contributed by atoms with Crippen LogP contribution < -0.4 is 10.1 Å². The number of halogens is 3. The van der Waals surface area contributed by atoms with E-state index in [4.69, 9.17) is 16.3 Å². The lowest BCUT2D eigenvalue weighted by Gasteiger charge is -2.32. The van der Waals surface area contributed by atoms with Gasteiger partial charge in [-0.1, -0.05) is 35.9 Å². The van der Waals surface area contributed by atoms with Crippen molar-refractivity contribution in [3.05, 3.63) is 94.8 Å². The van der Waals surface area contributed by atoms with E-state index in [9.17, 15) is 13.6 Å². The topological polar surface area (TPSA) is 54.5 Å². The van der Waals surface area contributed by atoms with Crippen LogP contribution in [0.2, 0.25) is 5.02 Å². The van der Waals surface area contributed by atoms with Gasteiger partial charge in [-0.2, -0.15) is 0 Å². The fourth-order valence-corrected chi connectivity index (χ4v) is 4.19. The fraction of sp³-hybridized carbons (Fsp3) is 0.308. The number of nitrogens with one attached hydrogen (secondary N) is 1. The van der Waals surface area contributed by atoms with Crippen molar-refractivity contribution in [2.75, 3.05) is 26.2 Å². The molecule has 0 radical (unpaired) electrons. The molecule has 0 saturated carbocycles. The van der Waals surface area contributed by atoms with Gasteiger partial charge in [-0.3, -0.25) is 14.7 Å². The van der Waals surface area contributed by atoms with Crippen molar-refractivity contribution >= 4 is 17.5 Å². The number of carbonyl (C=O) groups excluding carboxylic acids is 1. The van der Waals surface area contributed by atoms with Crippen LogP contribution >= 0.6 is 11.6 Å². The number of nitrogens with zero attached hydrogens (tertiary/aromatic N) is 2. The summed E-state index contributed by atoms with van der Waals surface area (Å²) in [7, 11) is 0. The van der Waals surface area contributed by atoms with Crippen LogP contribution in [0.5, 0.6) is 5.75 Å². The van der Waals surface area contributed by atoms with Crippen molar-refractivity contribution in [2.24, 2.45) is 5.92 Å². The molecule has 0 spiro atoms. The number of rotatable bonds is 8. The second-order valence-corrected chi connectivity index (χ2v) is 8.73. The van der Waals surface area contributed by atoms with E-state index in [0.717, 1.165) is 24.8 Å². The van der Waals surface area contributed by atoms with Crippen molar-refractivity contribution < 1.29 is 18.3 Å². The van der Waals surface area contributed by atoms with Crippen LogP contribution in [0, 0.1) is 17.6 Å². The molecule has 1 fully saturated rings. The Hall–Kier alpha value is -3.03. The molecule has 1 amide bonds. The van der Waals surface area contributed by atoms with Gasteiger partial charge in [0.15, 0.2) is 11.6 Å². The summed E-state index contributed by atoms with van der Waals surface area (Å²) < 4.78 is 32.6. The molecule has 1 aromatic heterocycles. The zero-order valence-electron chi connectivity index (χ0n) is 18.6. The standard InChI is InChI=1S/C26H26ClF2N3O2/c27-20-7-5-18(6-8-20)25(23-10-9-21(28)17-30-23)31-26(33)19-11-13-32(14-12-19)15-16-34-24-4-2-1-3-22(24)29/h1-10,17,19,25H,11-16H2,(H,31,33)/t25-/m0/s1. The monoisotopic (exact) mass is 485 g/mol. The molecule has 2 aromatic carbocycles. The Morgan fingerprint density at radius 2 is 1.82 bits per heavy atom. The summed E-state index contributed by atoms with van der Waals surface area (Å²) in [6.07, 6.45) is 2.55. The highest BCUT2D eigenvalue weighted by Crippen LogP contribution is 2.25. The van der Waals surface area contributed by atoms with E-state index in [0.29, 0.717) is 36.7 Å². The van der Waals surface area contributed by atoms with Gasteiger partial charge in [-0.15, -0.1) is 0 Å². The van der Waals surface area contributed by atoms with Crippen LogP contribution in [0.15, 0.2) is 66.9 Å². The summed E-state index contributed by atoms with van der Waals surface area (Å²) in [4.78, 5) is 19.5. The molecular formula is C26H26ClF2N3O2. The van der Waals surface area contributed by atoms with Crippen LogP contribution in [0.4, 0.5) is 8.78 Å². The zero-order valence-corrected chi connectivity index (χ0v) is 19.3. The summed E-state index contributed by atoms with van der Waals surface area (Å²) in [5.41, 5.74) is 1.37. The van der Waals surface area contributed by atoms with E-state index < -0.39 is 11.9 Å². The van der Waals surface area contributed by atoms with Gasteiger partial charge in [0, 0.05) is 17.5 Å². The van der Waals surface area contributed by atoms with Crippen LogP contribution in [0.25, 0.3) is 0 Å². The third-order valence-corrected chi connectivity index (χ3v) is 6.25. The Bertz CT molecular complexity index is 1040. The molecule has 1 N–H and O–H groups in total. The van der Waals surface area contributed by atoms with Crippen molar-refractivity contribution in [1.29, 1.82) is 0 Å².